The Balaban J connectivity index is 2.25. The molecule has 3 rings (SSSR count). The number of rotatable bonds is 0. The molecule has 0 fully saturated rings. The Labute approximate surface area is 97.0 Å². The van der Waals surface area contributed by atoms with Crippen LogP contribution in [0.2, 0.25) is 0 Å². The molecule has 0 atom stereocenters. The molecule has 1 aromatic carbocycles. The topological polar surface area (TPSA) is 35.0 Å². The molecule has 78 valence electrons. The van der Waals surface area contributed by atoms with E-state index >= 15 is 0 Å². The maximum Gasteiger partial charge on any atom is 0.245 e. The summed E-state index contributed by atoms with van der Waals surface area (Å²) in [6.45, 7) is 0. The van der Waals surface area contributed by atoms with Crippen molar-refractivity contribution in [3.8, 4) is 5.88 Å². The maximum absolute atomic E-state index is 5.84. The van der Waals surface area contributed by atoms with E-state index in [-0.39, 0.29) is 0 Å². The molecule has 2 aromatic rings. The van der Waals surface area contributed by atoms with Crippen LogP contribution in [0.25, 0.3) is 17.1 Å². The Hall–Kier alpha value is -1.87. The quantitative estimate of drug-likeness (QED) is 0.698. The fourth-order valence-corrected chi connectivity index (χ4v) is 1.61. The minimum atomic E-state index is 0.477. The molecule has 0 radical (unpaired) electrons. The first-order valence-corrected chi connectivity index (χ1v) is 5.18. The van der Waals surface area contributed by atoms with Gasteiger partial charge in [-0.3, -0.25) is 0 Å². The molecular formula is C12H7ClN2O. The van der Waals surface area contributed by atoms with Crippen molar-refractivity contribution < 1.29 is 4.74 Å². The van der Waals surface area contributed by atoms with Crippen molar-refractivity contribution in [1.82, 2.24) is 9.97 Å². The van der Waals surface area contributed by atoms with Crippen molar-refractivity contribution in [1.29, 1.82) is 0 Å². The number of aromatic nitrogens is 2. The van der Waals surface area contributed by atoms with Crippen LogP contribution in [-0.4, -0.2) is 9.97 Å². The summed E-state index contributed by atoms with van der Waals surface area (Å²) in [7, 11) is 0. The summed E-state index contributed by atoms with van der Waals surface area (Å²) in [5.41, 5.74) is 2.33. The number of hydrogen-bond acceptors (Lipinski definition) is 3. The standard InChI is InChI=1S/C12H7ClN2O/c13-8-5-6-11-12(16-7-8)15-10-4-2-1-3-9(10)14-11/h1-7H. The number of hydrogen-bond donors (Lipinski definition) is 0. The zero-order valence-electron chi connectivity index (χ0n) is 8.22. The first-order valence-electron chi connectivity index (χ1n) is 4.80. The highest BCUT2D eigenvalue weighted by Crippen LogP contribution is 2.24. The monoisotopic (exact) mass is 230 g/mol. The summed E-state index contributed by atoms with van der Waals surface area (Å²) < 4.78 is 5.34. The van der Waals surface area contributed by atoms with Gasteiger partial charge in [-0.2, -0.15) is 0 Å². The van der Waals surface area contributed by atoms with Crippen LogP contribution in [0.3, 0.4) is 0 Å². The SMILES string of the molecule is ClC1=COc2nc3ccccc3nc2C=C1. The molecule has 0 aliphatic carbocycles. The maximum atomic E-state index is 5.84. The second kappa shape index (κ2) is 3.61. The van der Waals surface area contributed by atoms with E-state index in [0.29, 0.717) is 16.6 Å². The summed E-state index contributed by atoms with van der Waals surface area (Å²) in [5, 5.41) is 0.517. The molecule has 0 bridgehead atoms. The number of allylic oxidation sites excluding steroid dienone is 2. The normalized spacial score (nSPS) is 13.9. The molecule has 16 heavy (non-hydrogen) atoms. The number of ether oxygens (including phenoxy) is 1. The molecule has 4 heteroatoms. The highest BCUT2D eigenvalue weighted by atomic mass is 35.5. The molecule has 1 aliphatic rings. The summed E-state index contributed by atoms with van der Waals surface area (Å²) in [5.74, 6) is 0.477. The third-order valence-corrected chi connectivity index (χ3v) is 2.46. The van der Waals surface area contributed by atoms with Gasteiger partial charge in [0.2, 0.25) is 5.88 Å². The van der Waals surface area contributed by atoms with Gasteiger partial charge < -0.3 is 4.74 Å². The van der Waals surface area contributed by atoms with Crippen molar-refractivity contribution in [3.63, 3.8) is 0 Å². The third-order valence-electron chi connectivity index (χ3n) is 2.25. The highest BCUT2D eigenvalue weighted by molar-refractivity contribution is 6.31. The van der Waals surface area contributed by atoms with Gasteiger partial charge in [0.05, 0.1) is 16.1 Å². The molecule has 0 unspecified atom stereocenters. The molecule has 1 aliphatic heterocycles. The van der Waals surface area contributed by atoms with E-state index in [2.05, 4.69) is 9.97 Å². The Morgan fingerprint density at radius 1 is 1.00 bits per heavy atom. The Bertz CT molecular complexity index is 619. The molecule has 0 N–H and O–H groups in total. The smallest absolute Gasteiger partial charge is 0.245 e. The Morgan fingerprint density at radius 3 is 2.56 bits per heavy atom. The van der Waals surface area contributed by atoms with Gasteiger partial charge in [-0.1, -0.05) is 23.7 Å². The summed E-state index contributed by atoms with van der Waals surface area (Å²) in [6.07, 6.45) is 4.98. The van der Waals surface area contributed by atoms with Crippen LogP contribution in [0.1, 0.15) is 5.69 Å². The van der Waals surface area contributed by atoms with Crippen molar-refractivity contribution in [2.24, 2.45) is 0 Å². The molecule has 0 saturated carbocycles. The summed E-state index contributed by atoms with van der Waals surface area (Å²) in [6, 6.07) is 7.65. The molecule has 0 spiro atoms. The zero-order valence-corrected chi connectivity index (χ0v) is 8.98. The first kappa shape index (κ1) is 9.36. The second-order valence-corrected chi connectivity index (χ2v) is 3.79. The van der Waals surface area contributed by atoms with Crippen LogP contribution in [0.5, 0.6) is 5.88 Å². The lowest BCUT2D eigenvalue weighted by atomic mass is 10.3. The molecule has 0 amide bonds. The number of halogens is 1. The van der Waals surface area contributed by atoms with E-state index in [9.17, 15) is 0 Å². The van der Waals surface area contributed by atoms with Gasteiger partial charge in [0.25, 0.3) is 0 Å². The van der Waals surface area contributed by atoms with E-state index < -0.39 is 0 Å². The molecule has 0 saturated heterocycles. The van der Waals surface area contributed by atoms with Crippen molar-refractivity contribution in [2.45, 2.75) is 0 Å². The molecular weight excluding hydrogens is 224 g/mol. The lowest BCUT2D eigenvalue weighted by Crippen LogP contribution is -1.94. The van der Waals surface area contributed by atoms with Crippen LogP contribution >= 0.6 is 11.6 Å². The van der Waals surface area contributed by atoms with Gasteiger partial charge in [-0.05, 0) is 24.3 Å². The minimum absolute atomic E-state index is 0.477. The van der Waals surface area contributed by atoms with E-state index in [1.807, 2.05) is 24.3 Å². The average Bonchev–Trinajstić information content (AvgIpc) is 2.49. The van der Waals surface area contributed by atoms with Crippen LogP contribution in [0.15, 0.2) is 41.6 Å². The third kappa shape index (κ3) is 1.55. The van der Waals surface area contributed by atoms with Crippen LogP contribution in [0.4, 0.5) is 0 Å². The second-order valence-electron chi connectivity index (χ2n) is 3.36. The fourth-order valence-electron chi connectivity index (χ4n) is 1.50. The predicted octanol–water partition coefficient (Wildman–Crippen LogP) is 3.12. The van der Waals surface area contributed by atoms with Crippen molar-refractivity contribution in [2.75, 3.05) is 0 Å². The highest BCUT2D eigenvalue weighted by Gasteiger charge is 2.09. The van der Waals surface area contributed by atoms with Gasteiger partial charge in [0.15, 0.2) is 0 Å². The zero-order chi connectivity index (χ0) is 11.0. The molecule has 2 heterocycles. The van der Waals surface area contributed by atoms with Gasteiger partial charge in [-0.25, -0.2) is 9.97 Å². The van der Waals surface area contributed by atoms with Crippen molar-refractivity contribution in [3.05, 3.63) is 47.3 Å². The van der Waals surface area contributed by atoms with Crippen LogP contribution in [0, 0.1) is 0 Å². The van der Waals surface area contributed by atoms with Crippen LogP contribution in [-0.2, 0) is 0 Å². The van der Waals surface area contributed by atoms with E-state index in [1.54, 1.807) is 12.2 Å². The summed E-state index contributed by atoms with van der Waals surface area (Å²) >= 11 is 5.84. The van der Waals surface area contributed by atoms with Gasteiger partial charge in [0, 0.05) is 0 Å². The lowest BCUT2D eigenvalue weighted by molar-refractivity contribution is 0.460. The number of fused-ring (bicyclic) bond motifs is 2. The van der Waals surface area contributed by atoms with E-state index in [0.717, 1.165) is 11.0 Å². The van der Waals surface area contributed by atoms with E-state index in [1.165, 1.54) is 6.26 Å². The Morgan fingerprint density at radius 2 is 1.75 bits per heavy atom. The van der Waals surface area contributed by atoms with Gasteiger partial charge >= 0.3 is 0 Å². The minimum Gasteiger partial charge on any atom is -0.443 e. The number of nitrogens with zero attached hydrogens (tertiary/aromatic N) is 2. The molecule has 3 nitrogen and oxygen atoms in total. The first-order chi connectivity index (χ1) is 7.83. The van der Waals surface area contributed by atoms with Crippen LogP contribution < -0.4 is 4.74 Å². The summed E-state index contributed by atoms with van der Waals surface area (Å²) in [4.78, 5) is 8.81. The van der Waals surface area contributed by atoms with Gasteiger partial charge in [0.1, 0.15) is 12.0 Å². The van der Waals surface area contributed by atoms with Crippen molar-refractivity contribution >= 4 is 28.7 Å². The van der Waals surface area contributed by atoms with E-state index in [4.69, 9.17) is 16.3 Å². The van der Waals surface area contributed by atoms with Gasteiger partial charge in [-0.15, -0.1) is 0 Å². The largest absolute Gasteiger partial charge is 0.443 e. The fraction of sp³-hybridized carbons (Fsp3) is 0. The predicted molar refractivity (Wildman–Crippen MR) is 63.1 cm³/mol. The average molecular weight is 231 g/mol. The number of benzene rings is 1. The number of para-hydroxylation sites is 2. The Kier molecular flexibility index (Phi) is 2.11. The lowest BCUT2D eigenvalue weighted by Gasteiger charge is -2.03. The molecule has 1 aromatic heterocycles.